The maximum absolute atomic E-state index is 12.3. The Morgan fingerprint density at radius 1 is 1.38 bits per heavy atom. The van der Waals surface area contributed by atoms with E-state index in [1.807, 2.05) is 0 Å². The highest BCUT2D eigenvalue weighted by atomic mass is 32.2. The van der Waals surface area contributed by atoms with Crippen LogP contribution >= 0.6 is 0 Å². The average molecular weight is 213 g/mol. The molecule has 0 bridgehead atoms. The fourth-order valence-corrected chi connectivity index (χ4v) is 1.53. The summed E-state index contributed by atoms with van der Waals surface area (Å²) >= 11 is 0. The lowest BCUT2D eigenvalue weighted by Crippen LogP contribution is -2.42. The normalized spacial score (nSPS) is 17.5. The third kappa shape index (κ3) is 4.67. The molecule has 2 nitrogen and oxygen atoms in total. The summed E-state index contributed by atoms with van der Waals surface area (Å²) in [6.07, 6.45) is -2.18. The highest BCUT2D eigenvalue weighted by Crippen LogP contribution is 2.12. The molecule has 1 N–H and O–H groups in total. The molecule has 0 spiro atoms. The van der Waals surface area contributed by atoms with E-state index >= 15 is 0 Å². The van der Waals surface area contributed by atoms with Crippen LogP contribution in [0.2, 0.25) is 0 Å². The quantitative estimate of drug-likeness (QED) is 0.761. The second-order valence-electron chi connectivity index (χ2n) is 3.85. The fraction of sp³-hybridized carbons (Fsp3) is 1.00. The summed E-state index contributed by atoms with van der Waals surface area (Å²) in [6.45, 7) is 6.88. The molecule has 13 heavy (non-hydrogen) atoms. The van der Waals surface area contributed by atoms with Crippen molar-refractivity contribution in [3.8, 4) is 0 Å². The van der Waals surface area contributed by atoms with Crippen LogP contribution in [0.25, 0.3) is 0 Å². The summed E-state index contributed by atoms with van der Waals surface area (Å²) in [5.41, 5.74) is 0. The van der Waals surface area contributed by atoms with Gasteiger partial charge in [-0.3, -0.25) is 0 Å². The van der Waals surface area contributed by atoms with Crippen LogP contribution in [-0.2, 0) is 11.0 Å². The Hall–Kier alpha value is -0.0300. The molecule has 0 aliphatic carbocycles. The van der Waals surface area contributed by atoms with Gasteiger partial charge < -0.3 is 0 Å². The van der Waals surface area contributed by atoms with Gasteiger partial charge in [-0.05, 0) is 27.2 Å². The van der Waals surface area contributed by atoms with Gasteiger partial charge in [-0.25, -0.2) is 17.7 Å². The molecule has 0 radical (unpaired) electrons. The van der Waals surface area contributed by atoms with E-state index in [-0.39, 0.29) is 6.42 Å². The van der Waals surface area contributed by atoms with Crippen LogP contribution < -0.4 is 4.72 Å². The zero-order valence-corrected chi connectivity index (χ0v) is 9.25. The summed E-state index contributed by atoms with van der Waals surface area (Å²) in [4.78, 5) is 0. The molecule has 0 saturated heterocycles. The van der Waals surface area contributed by atoms with E-state index in [9.17, 15) is 13.0 Å². The molecule has 5 heteroatoms. The Bertz CT molecular complexity index is 179. The lowest BCUT2D eigenvalue weighted by atomic mass is 10.2. The van der Waals surface area contributed by atoms with Gasteiger partial charge in [0.15, 0.2) is 0 Å². The number of halogens is 2. The first-order valence-electron chi connectivity index (χ1n) is 4.25. The predicted molar refractivity (Wildman–Crippen MR) is 51.1 cm³/mol. The van der Waals surface area contributed by atoms with E-state index in [1.165, 1.54) is 0 Å². The molecule has 0 rings (SSSR count). The topological polar surface area (TPSA) is 29.1 Å². The van der Waals surface area contributed by atoms with Crippen LogP contribution in [0.4, 0.5) is 8.78 Å². The van der Waals surface area contributed by atoms with Crippen molar-refractivity contribution in [3.05, 3.63) is 0 Å². The molecular formula is C8H17F2NOS. The number of hydrogen-bond acceptors (Lipinski definition) is 1. The second-order valence-corrected chi connectivity index (χ2v) is 5.85. The lowest BCUT2D eigenvalue weighted by Gasteiger charge is -2.22. The molecule has 2 atom stereocenters. The smallest absolute Gasteiger partial charge is 0.242 e. The first kappa shape index (κ1) is 13.0. The number of rotatable bonds is 4. The second kappa shape index (κ2) is 5.00. The van der Waals surface area contributed by atoms with Gasteiger partial charge in [0.05, 0.1) is 21.8 Å². The van der Waals surface area contributed by atoms with Crippen molar-refractivity contribution >= 4 is 11.0 Å². The highest BCUT2D eigenvalue weighted by molar-refractivity contribution is 7.84. The Labute approximate surface area is 80.7 Å². The monoisotopic (exact) mass is 213 g/mol. The first-order chi connectivity index (χ1) is 5.79. The Balaban J connectivity index is 4.18. The Morgan fingerprint density at radius 3 is 2.08 bits per heavy atom. The SMILES string of the molecule is CCC(NS(=O)C(C)(C)C)C(F)F. The number of alkyl halides is 2. The Kier molecular flexibility index (Phi) is 4.99. The standard InChI is InChI=1S/C8H17F2NOS/c1-5-6(7(9)10)11-13(12)8(2,3)4/h6-7,11H,5H2,1-4H3. The third-order valence-electron chi connectivity index (χ3n) is 1.56. The minimum atomic E-state index is -2.46. The van der Waals surface area contributed by atoms with Gasteiger partial charge in [-0.15, -0.1) is 0 Å². The molecule has 80 valence electrons. The highest BCUT2D eigenvalue weighted by Gasteiger charge is 2.26. The fourth-order valence-electron chi connectivity index (χ4n) is 0.627. The van der Waals surface area contributed by atoms with Crippen molar-refractivity contribution in [2.45, 2.75) is 51.3 Å². The van der Waals surface area contributed by atoms with Crippen LogP contribution in [0.5, 0.6) is 0 Å². The minimum absolute atomic E-state index is 0.277. The maximum atomic E-state index is 12.3. The van der Waals surface area contributed by atoms with Crippen LogP contribution in [0, 0.1) is 0 Å². The van der Waals surface area contributed by atoms with Crippen molar-refractivity contribution in [2.24, 2.45) is 0 Å². The van der Waals surface area contributed by atoms with Crippen molar-refractivity contribution in [1.29, 1.82) is 0 Å². The van der Waals surface area contributed by atoms with Gasteiger partial charge in [0, 0.05) is 0 Å². The maximum Gasteiger partial charge on any atom is 0.254 e. The first-order valence-corrected chi connectivity index (χ1v) is 5.40. The summed E-state index contributed by atoms with van der Waals surface area (Å²) in [5, 5.41) is 0. The molecule has 2 unspecified atom stereocenters. The van der Waals surface area contributed by atoms with Crippen molar-refractivity contribution < 1.29 is 13.0 Å². The molecule has 0 amide bonds. The summed E-state index contributed by atoms with van der Waals surface area (Å²) in [5.74, 6) is 0. The average Bonchev–Trinajstić information content (AvgIpc) is 1.96. The molecule has 0 saturated carbocycles. The molecule has 0 aromatic carbocycles. The zero-order valence-electron chi connectivity index (χ0n) is 8.43. The van der Waals surface area contributed by atoms with Gasteiger partial charge in [0.1, 0.15) is 0 Å². The molecule has 0 aromatic heterocycles. The van der Waals surface area contributed by atoms with Gasteiger partial charge in [-0.1, -0.05) is 6.92 Å². The van der Waals surface area contributed by atoms with E-state index < -0.39 is 28.2 Å². The molecule has 0 aliphatic rings. The van der Waals surface area contributed by atoms with E-state index in [1.54, 1.807) is 27.7 Å². The van der Waals surface area contributed by atoms with Gasteiger partial charge in [0.2, 0.25) is 0 Å². The van der Waals surface area contributed by atoms with E-state index in [2.05, 4.69) is 4.72 Å². The summed E-state index contributed by atoms with van der Waals surface area (Å²) < 4.78 is 37.8. The lowest BCUT2D eigenvalue weighted by molar-refractivity contribution is 0.107. The van der Waals surface area contributed by atoms with E-state index in [0.29, 0.717) is 0 Å². The molecule has 0 heterocycles. The van der Waals surface area contributed by atoms with Crippen LogP contribution in [0.1, 0.15) is 34.1 Å². The largest absolute Gasteiger partial charge is 0.254 e. The molecule has 0 aliphatic heterocycles. The third-order valence-corrected chi connectivity index (χ3v) is 3.19. The van der Waals surface area contributed by atoms with Crippen LogP contribution in [-0.4, -0.2) is 21.4 Å². The minimum Gasteiger partial charge on any atom is -0.242 e. The van der Waals surface area contributed by atoms with Crippen molar-refractivity contribution in [3.63, 3.8) is 0 Å². The van der Waals surface area contributed by atoms with Gasteiger partial charge in [0.25, 0.3) is 6.43 Å². The van der Waals surface area contributed by atoms with Crippen LogP contribution in [0.15, 0.2) is 0 Å². The van der Waals surface area contributed by atoms with Gasteiger partial charge >= 0.3 is 0 Å². The number of hydrogen-bond donors (Lipinski definition) is 1. The molecular weight excluding hydrogens is 196 g/mol. The zero-order chi connectivity index (χ0) is 10.6. The summed E-state index contributed by atoms with van der Waals surface area (Å²) in [6, 6.07) is -0.972. The number of nitrogens with one attached hydrogen (secondary N) is 1. The van der Waals surface area contributed by atoms with E-state index in [0.717, 1.165) is 0 Å². The van der Waals surface area contributed by atoms with E-state index in [4.69, 9.17) is 0 Å². The van der Waals surface area contributed by atoms with Crippen molar-refractivity contribution in [1.82, 2.24) is 4.72 Å². The summed E-state index contributed by atoms with van der Waals surface area (Å²) in [7, 11) is -1.42. The van der Waals surface area contributed by atoms with Crippen molar-refractivity contribution in [2.75, 3.05) is 0 Å². The molecule has 0 aromatic rings. The van der Waals surface area contributed by atoms with Gasteiger partial charge in [-0.2, -0.15) is 0 Å². The predicted octanol–water partition coefficient (Wildman–Crippen LogP) is 2.08. The van der Waals surface area contributed by atoms with Crippen LogP contribution in [0.3, 0.4) is 0 Å². The Morgan fingerprint density at radius 2 is 1.85 bits per heavy atom. The molecule has 0 fully saturated rings.